The van der Waals surface area contributed by atoms with Gasteiger partial charge in [0.05, 0.1) is 52.1 Å². The number of thioether (sulfide) groups is 2. The first-order valence-electron chi connectivity index (χ1n) is 20.2. The van der Waals surface area contributed by atoms with Crippen LogP contribution in [0.5, 0.6) is 0 Å². The smallest absolute Gasteiger partial charge is 0.261 e. The maximum atomic E-state index is 15.0. The minimum atomic E-state index is -0.000686. The summed E-state index contributed by atoms with van der Waals surface area (Å²) in [6, 6.07) is 6.40. The normalized spacial score (nSPS) is 19.5. The van der Waals surface area contributed by atoms with Crippen LogP contribution in [0.4, 0.5) is 10.0 Å². The fourth-order valence-corrected chi connectivity index (χ4v) is 16.8. The van der Waals surface area contributed by atoms with Gasteiger partial charge in [-0.05, 0) is 31.0 Å². The van der Waals surface area contributed by atoms with Crippen molar-refractivity contribution >= 4 is 115 Å². The average molecular weight is 837 g/mol. The van der Waals surface area contributed by atoms with Gasteiger partial charge in [-0.2, -0.15) is 0 Å². The summed E-state index contributed by atoms with van der Waals surface area (Å²) in [5.74, 6) is -0.00137. The highest BCUT2D eigenvalue weighted by molar-refractivity contribution is 8.07. The van der Waals surface area contributed by atoms with Crippen molar-refractivity contribution in [2.45, 2.75) is 132 Å². The van der Waals surface area contributed by atoms with Crippen LogP contribution < -0.4 is 11.5 Å². The Balaban J connectivity index is 1.12. The number of nitrogens with zero attached hydrogens (tertiary/aromatic N) is 2. The number of anilines is 2. The lowest BCUT2D eigenvalue weighted by Crippen LogP contribution is -2.31. The lowest BCUT2D eigenvalue weighted by molar-refractivity contribution is -0.124. The third-order valence-electron chi connectivity index (χ3n) is 11.1. The molecule has 4 aromatic heterocycles. The predicted molar refractivity (Wildman–Crippen MR) is 239 cm³/mol. The van der Waals surface area contributed by atoms with Crippen molar-refractivity contribution in [1.82, 2.24) is 9.80 Å². The van der Waals surface area contributed by atoms with Crippen LogP contribution in [0.15, 0.2) is 50.9 Å². The summed E-state index contributed by atoms with van der Waals surface area (Å²) in [5, 5.41) is 2.22. The molecule has 8 rings (SSSR count). The molecule has 4 aliphatic heterocycles. The minimum Gasteiger partial charge on any atom is -0.391 e. The third-order valence-corrected chi connectivity index (χ3v) is 18.8. The molecule has 4 N–H and O–H groups in total. The molecule has 2 amide bonds. The molecule has 8 heterocycles. The number of thiophene rings is 4. The molecule has 0 saturated heterocycles. The van der Waals surface area contributed by atoms with E-state index in [1.165, 1.54) is 106 Å². The van der Waals surface area contributed by atoms with Gasteiger partial charge in [0.2, 0.25) is 0 Å². The van der Waals surface area contributed by atoms with Gasteiger partial charge >= 0.3 is 0 Å². The number of fused-ring (bicyclic) bond motifs is 7. The maximum Gasteiger partial charge on any atom is 0.261 e. The summed E-state index contributed by atoms with van der Waals surface area (Å²) in [4.78, 5) is 38.6. The number of nitrogens with two attached hydrogens (primary N) is 2. The fraction of sp³-hybridized carbons (Fsp3) is 0.524. The molecule has 0 aliphatic carbocycles. The average Bonchev–Trinajstić information content (AvgIpc) is 4.02. The van der Waals surface area contributed by atoms with E-state index >= 15 is 0 Å². The monoisotopic (exact) mass is 836 g/mol. The Hall–Kier alpha value is -2.22. The Bertz CT molecular complexity index is 2130. The van der Waals surface area contributed by atoms with Crippen LogP contribution in [0.2, 0.25) is 0 Å². The van der Waals surface area contributed by atoms with E-state index in [4.69, 9.17) is 11.5 Å². The number of hydrogen-bond acceptors (Lipinski definition) is 10. The third kappa shape index (κ3) is 7.49. The van der Waals surface area contributed by atoms with E-state index in [1.54, 1.807) is 45.3 Å². The molecule has 2 atom stereocenters. The Labute approximate surface area is 344 Å². The summed E-state index contributed by atoms with van der Waals surface area (Å²) in [5.41, 5.74) is 15.4. The number of rotatable bonds is 20. The van der Waals surface area contributed by atoms with Crippen molar-refractivity contribution in [3.8, 4) is 0 Å². The largest absolute Gasteiger partial charge is 0.391 e. The Morgan fingerprint density at radius 1 is 0.593 bits per heavy atom. The molecule has 0 spiro atoms. The van der Waals surface area contributed by atoms with Crippen LogP contribution in [-0.4, -0.2) is 40.0 Å². The quantitative estimate of drug-likeness (QED) is 0.0862. The zero-order valence-corrected chi connectivity index (χ0v) is 36.4. The second kappa shape index (κ2) is 17.1. The van der Waals surface area contributed by atoms with E-state index in [1.807, 2.05) is 33.3 Å². The summed E-state index contributed by atoms with van der Waals surface area (Å²) in [7, 11) is 0. The van der Waals surface area contributed by atoms with Gasteiger partial charge in [0.25, 0.3) is 11.8 Å². The standard InChI is InChI=1S/C42H52N4O2S6/c1-3-5-7-9-11-13-15-17-19-45-35(25-21-27-37(51-25)39-29(49-27)23-31(43)53-39)33-34(41(45)47)36(46(42(33)48)20-18-16-14-12-10-8-6-4-2)26-22-28-38(52-26)40-30(50-28)24-32(44)54-40/h21-24,27,37H,3-20,43-44H2,1-2H3. The first kappa shape index (κ1) is 38.6. The highest BCUT2D eigenvalue weighted by atomic mass is 32.2. The van der Waals surface area contributed by atoms with Crippen molar-refractivity contribution < 1.29 is 9.59 Å². The first-order valence-corrected chi connectivity index (χ1v) is 25.2. The number of carbonyl (C=O) groups excluding carboxylic acids is 2. The Morgan fingerprint density at radius 2 is 1.13 bits per heavy atom. The zero-order valence-electron chi connectivity index (χ0n) is 31.5. The molecule has 4 aromatic rings. The van der Waals surface area contributed by atoms with Crippen LogP contribution in [-0.2, 0) is 9.59 Å². The Kier molecular flexibility index (Phi) is 12.2. The SMILES string of the molecule is CCCCCCCCCCN1C(=O)C2=C(c3cc4sc5cc(N)sc5c4s3)N(CCCCCCCCCC)C(=O)C2=C1C1=CC2Sc3cc(N)sc3C2S1. The van der Waals surface area contributed by atoms with Crippen molar-refractivity contribution in [3.05, 3.63) is 55.8 Å². The molecule has 288 valence electrons. The van der Waals surface area contributed by atoms with E-state index in [0.717, 1.165) is 56.9 Å². The van der Waals surface area contributed by atoms with E-state index in [0.29, 0.717) is 24.2 Å². The van der Waals surface area contributed by atoms with Gasteiger partial charge in [-0.25, -0.2) is 0 Å². The maximum absolute atomic E-state index is 15.0. The number of hydrogen-bond donors (Lipinski definition) is 2. The zero-order chi connectivity index (χ0) is 37.3. The van der Waals surface area contributed by atoms with Crippen LogP contribution in [0.3, 0.4) is 0 Å². The molecule has 0 radical (unpaired) electrons. The van der Waals surface area contributed by atoms with Crippen LogP contribution in [0.1, 0.15) is 132 Å². The van der Waals surface area contributed by atoms with Gasteiger partial charge in [0, 0.05) is 42.4 Å². The highest BCUT2D eigenvalue weighted by Crippen LogP contribution is 2.63. The van der Waals surface area contributed by atoms with Crippen molar-refractivity contribution in [2.75, 3.05) is 24.6 Å². The molecule has 2 unspecified atom stereocenters. The minimum absolute atomic E-state index is 0.000686. The van der Waals surface area contributed by atoms with Crippen LogP contribution >= 0.6 is 68.9 Å². The molecule has 4 aliphatic rings. The molecule has 6 nitrogen and oxygen atoms in total. The number of carbonyl (C=O) groups is 2. The van der Waals surface area contributed by atoms with Gasteiger partial charge in [-0.1, -0.05) is 110 Å². The van der Waals surface area contributed by atoms with Crippen molar-refractivity contribution in [3.63, 3.8) is 0 Å². The Morgan fingerprint density at radius 3 is 1.78 bits per heavy atom. The lowest BCUT2D eigenvalue weighted by Gasteiger charge is -2.25. The van der Waals surface area contributed by atoms with Gasteiger partial charge in [-0.15, -0.1) is 68.9 Å². The molecule has 0 aromatic carbocycles. The van der Waals surface area contributed by atoms with Crippen molar-refractivity contribution in [1.29, 1.82) is 0 Å². The van der Waals surface area contributed by atoms with E-state index in [2.05, 4.69) is 38.1 Å². The first-order chi connectivity index (χ1) is 26.4. The molecule has 0 saturated carbocycles. The molecular formula is C42H52N4O2S6. The summed E-state index contributed by atoms with van der Waals surface area (Å²) >= 11 is 10.5. The van der Waals surface area contributed by atoms with Crippen molar-refractivity contribution in [2.24, 2.45) is 0 Å². The summed E-state index contributed by atoms with van der Waals surface area (Å²) < 4.78 is 4.83. The summed E-state index contributed by atoms with van der Waals surface area (Å²) in [6.07, 6.45) is 21.6. The number of amides is 2. The molecule has 54 heavy (non-hydrogen) atoms. The lowest BCUT2D eigenvalue weighted by atomic mass is 10.1. The van der Waals surface area contributed by atoms with E-state index in [-0.39, 0.29) is 22.3 Å². The molecular weight excluding hydrogens is 785 g/mol. The van der Waals surface area contributed by atoms with E-state index in [9.17, 15) is 9.59 Å². The van der Waals surface area contributed by atoms with E-state index < -0.39 is 0 Å². The predicted octanol–water partition coefficient (Wildman–Crippen LogP) is 13.2. The van der Waals surface area contributed by atoms with Gasteiger partial charge in [0.1, 0.15) is 0 Å². The molecule has 12 heteroatoms. The summed E-state index contributed by atoms with van der Waals surface area (Å²) in [6.45, 7) is 5.79. The van der Waals surface area contributed by atoms with Gasteiger partial charge in [-0.3, -0.25) is 9.59 Å². The fourth-order valence-electron chi connectivity index (χ4n) is 8.37. The van der Waals surface area contributed by atoms with Gasteiger partial charge in [0.15, 0.2) is 0 Å². The highest BCUT2D eigenvalue weighted by Gasteiger charge is 2.51. The second-order valence-electron chi connectivity index (χ2n) is 15.1. The number of unbranched alkanes of at least 4 members (excludes halogenated alkanes) is 14. The molecule has 0 bridgehead atoms. The molecule has 0 fully saturated rings. The van der Waals surface area contributed by atoms with Gasteiger partial charge < -0.3 is 21.3 Å². The number of nitrogen functional groups attached to an aromatic ring is 2. The topological polar surface area (TPSA) is 92.7 Å². The van der Waals surface area contributed by atoms with Crippen LogP contribution in [0.25, 0.3) is 24.5 Å². The van der Waals surface area contributed by atoms with Crippen LogP contribution in [0, 0.1) is 0 Å². The second-order valence-corrected chi connectivity index (χ2v) is 21.8.